The molecule has 0 bridgehead atoms. The van der Waals surface area contributed by atoms with Gasteiger partial charge >= 0.3 is 0 Å². The number of benzene rings is 3. The Morgan fingerprint density at radius 3 is 2.60 bits per heavy atom. The van der Waals surface area contributed by atoms with Gasteiger partial charge in [-0.05, 0) is 57.4 Å². The van der Waals surface area contributed by atoms with E-state index < -0.39 is 4.92 Å². The lowest BCUT2D eigenvalue weighted by atomic mass is 10.0. The number of hydrogen-bond acceptors (Lipinski definition) is 3. The fourth-order valence-electron chi connectivity index (χ4n) is 3.35. The molecule has 1 aliphatic carbocycles. The normalized spacial score (nSPS) is 12.4. The topological polar surface area (TPSA) is 72.2 Å². The number of nitro benzene ring substituents is 1. The number of amides is 1. The first-order valence-corrected chi connectivity index (χ1v) is 8.62. The highest BCUT2D eigenvalue weighted by molar-refractivity contribution is 9.10. The van der Waals surface area contributed by atoms with E-state index in [0.717, 1.165) is 18.2 Å². The van der Waals surface area contributed by atoms with Crippen LogP contribution in [0.4, 0.5) is 11.4 Å². The second kappa shape index (κ2) is 5.97. The summed E-state index contributed by atoms with van der Waals surface area (Å²) in [5.41, 5.74) is 3.41. The smallest absolute Gasteiger partial charge is 0.270 e. The summed E-state index contributed by atoms with van der Waals surface area (Å²) in [5.74, 6) is -0.380. The predicted octanol–water partition coefficient (Wildman–Crippen LogP) is 4.86. The lowest BCUT2D eigenvalue weighted by molar-refractivity contribution is -0.384. The van der Waals surface area contributed by atoms with E-state index in [1.807, 2.05) is 24.3 Å². The average molecular weight is 397 g/mol. The predicted molar refractivity (Wildman–Crippen MR) is 100 cm³/mol. The van der Waals surface area contributed by atoms with Crippen molar-refractivity contribution in [3.05, 3.63) is 79.8 Å². The van der Waals surface area contributed by atoms with Gasteiger partial charge in [-0.2, -0.15) is 0 Å². The molecule has 124 valence electrons. The largest absolute Gasteiger partial charge is 0.321 e. The van der Waals surface area contributed by atoms with Crippen molar-refractivity contribution >= 4 is 44.0 Å². The molecule has 1 aliphatic rings. The van der Waals surface area contributed by atoms with Crippen LogP contribution >= 0.6 is 15.9 Å². The monoisotopic (exact) mass is 396 g/mol. The maximum Gasteiger partial charge on any atom is 0.270 e. The minimum atomic E-state index is -0.512. The summed E-state index contributed by atoms with van der Waals surface area (Å²) < 4.78 is 0.515. The Bertz CT molecular complexity index is 1040. The molecule has 0 saturated carbocycles. The van der Waals surface area contributed by atoms with Gasteiger partial charge in [-0.3, -0.25) is 14.9 Å². The number of halogens is 1. The van der Waals surface area contributed by atoms with E-state index in [9.17, 15) is 14.9 Å². The van der Waals surface area contributed by atoms with Crippen molar-refractivity contribution in [2.75, 3.05) is 5.32 Å². The van der Waals surface area contributed by atoms with Gasteiger partial charge in [0.15, 0.2) is 0 Å². The molecule has 1 amide bonds. The maximum atomic E-state index is 12.7. The third-order valence-corrected chi connectivity index (χ3v) is 5.22. The number of anilines is 1. The van der Waals surface area contributed by atoms with E-state index in [2.05, 4.69) is 27.3 Å². The molecule has 0 heterocycles. The van der Waals surface area contributed by atoms with E-state index in [0.29, 0.717) is 10.2 Å². The van der Waals surface area contributed by atoms with Crippen LogP contribution in [0.1, 0.15) is 21.5 Å². The molecule has 0 radical (unpaired) electrons. The molecule has 0 aromatic heterocycles. The van der Waals surface area contributed by atoms with Crippen LogP contribution < -0.4 is 5.32 Å². The van der Waals surface area contributed by atoms with E-state index in [1.54, 1.807) is 0 Å². The molecule has 0 atom stereocenters. The van der Waals surface area contributed by atoms with Crippen LogP contribution in [0.5, 0.6) is 0 Å². The van der Waals surface area contributed by atoms with Crippen molar-refractivity contribution in [2.45, 2.75) is 12.8 Å². The van der Waals surface area contributed by atoms with Crippen molar-refractivity contribution in [3.8, 4) is 0 Å². The molecule has 0 spiro atoms. The number of hydrogen-bond donors (Lipinski definition) is 1. The van der Waals surface area contributed by atoms with E-state index in [1.165, 1.54) is 34.7 Å². The molecule has 0 aliphatic heterocycles. The summed E-state index contributed by atoms with van der Waals surface area (Å²) in [6.45, 7) is 0. The zero-order chi connectivity index (χ0) is 17.6. The number of carbonyl (C=O) groups excluding carboxylic acids is 1. The number of carbonyl (C=O) groups is 1. The zero-order valence-electron chi connectivity index (χ0n) is 13.1. The Morgan fingerprint density at radius 2 is 1.84 bits per heavy atom. The van der Waals surface area contributed by atoms with Crippen LogP contribution in [-0.4, -0.2) is 10.8 Å². The summed E-state index contributed by atoms with van der Waals surface area (Å²) >= 11 is 3.29. The SMILES string of the molecule is O=C(Nc1ccc2c3c(cccc13)CC2)c1cc([N+](=O)[O-])ccc1Br. The molecule has 4 rings (SSSR count). The molecule has 0 fully saturated rings. The van der Waals surface area contributed by atoms with Crippen molar-refractivity contribution in [1.82, 2.24) is 0 Å². The molecular formula is C19H13BrN2O3. The molecule has 5 nitrogen and oxygen atoms in total. The third-order valence-electron chi connectivity index (χ3n) is 4.53. The zero-order valence-corrected chi connectivity index (χ0v) is 14.7. The summed E-state index contributed by atoms with van der Waals surface area (Å²) in [4.78, 5) is 23.1. The van der Waals surface area contributed by atoms with Gasteiger partial charge in [-0.15, -0.1) is 0 Å². The Balaban J connectivity index is 1.74. The van der Waals surface area contributed by atoms with Crippen LogP contribution in [0.25, 0.3) is 10.8 Å². The van der Waals surface area contributed by atoms with Crippen LogP contribution in [0.15, 0.2) is 53.0 Å². The number of nitrogens with zero attached hydrogens (tertiary/aromatic N) is 1. The molecule has 3 aromatic rings. The molecule has 3 aromatic carbocycles. The van der Waals surface area contributed by atoms with Gasteiger partial charge in [0.25, 0.3) is 11.6 Å². The van der Waals surface area contributed by atoms with Gasteiger partial charge in [-0.1, -0.05) is 24.3 Å². The minimum absolute atomic E-state index is 0.117. The Morgan fingerprint density at radius 1 is 1.08 bits per heavy atom. The molecule has 0 unspecified atom stereocenters. The fraction of sp³-hybridized carbons (Fsp3) is 0.105. The Kier molecular flexibility index (Phi) is 3.77. The average Bonchev–Trinajstić information content (AvgIpc) is 3.02. The van der Waals surface area contributed by atoms with Gasteiger partial charge in [0.1, 0.15) is 0 Å². The number of aryl methyl sites for hydroxylation is 2. The van der Waals surface area contributed by atoms with Crippen molar-refractivity contribution in [3.63, 3.8) is 0 Å². The lowest BCUT2D eigenvalue weighted by Crippen LogP contribution is -2.13. The van der Waals surface area contributed by atoms with Crippen LogP contribution in [0.3, 0.4) is 0 Å². The molecule has 25 heavy (non-hydrogen) atoms. The van der Waals surface area contributed by atoms with Gasteiger partial charge < -0.3 is 5.32 Å². The highest BCUT2D eigenvalue weighted by atomic mass is 79.9. The minimum Gasteiger partial charge on any atom is -0.321 e. The maximum absolute atomic E-state index is 12.7. The Labute approximate surface area is 151 Å². The summed E-state index contributed by atoms with van der Waals surface area (Å²) in [6, 6.07) is 14.2. The second-order valence-electron chi connectivity index (χ2n) is 5.99. The third kappa shape index (κ3) is 2.68. The molecule has 1 N–H and O–H groups in total. The van der Waals surface area contributed by atoms with Gasteiger partial charge in [0, 0.05) is 27.7 Å². The van der Waals surface area contributed by atoms with Gasteiger partial charge in [0.2, 0.25) is 0 Å². The van der Waals surface area contributed by atoms with E-state index >= 15 is 0 Å². The summed E-state index contributed by atoms with van der Waals surface area (Å²) in [6.07, 6.45) is 2.03. The molecule has 0 saturated heterocycles. The van der Waals surface area contributed by atoms with Crippen LogP contribution in [-0.2, 0) is 12.8 Å². The molecule has 6 heteroatoms. The summed E-state index contributed by atoms with van der Waals surface area (Å²) in [7, 11) is 0. The van der Waals surface area contributed by atoms with Gasteiger partial charge in [0.05, 0.1) is 10.5 Å². The quantitative estimate of drug-likeness (QED) is 0.507. The highest BCUT2D eigenvalue weighted by Crippen LogP contribution is 2.35. The van der Waals surface area contributed by atoms with Crippen LogP contribution in [0, 0.1) is 10.1 Å². The first kappa shape index (κ1) is 15.8. The highest BCUT2D eigenvalue weighted by Gasteiger charge is 2.19. The number of rotatable bonds is 3. The number of non-ortho nitro benzene ring substituents is 1. The van der Waals surface area contributed by atoms with Crippen LogP contribution in [0.2, 0.25) is 0 Å². The first-order chi connectivity index (χ1) is 12.0. The van der Waals surface area contributed by atoms with E-state index in [-0.39, 0.29) is 17.2 Å². The van der Waals surface area contributed by atoms with Crippen molar-refractivity contribution in [1.29, 1.82) is 0 Å². The first-order valence-electron chi connectivity index (χ1n) is 7.83. The number of nitrogens with one attached hydrogen (secondary N) is 1. The Hall–Kier alpha value is -2.73. The van der Waals surface area contributed by atoms with Crippen molar-refractivity contribution in [2.24, 2.45) is 0 Å². The van der Waals surface area contributed by atoms with Gasteiger partial charge in [-0.25, -0.2) is 0 Å². The van der Waals surface area contributed by atoms with Crippen molar-refractivity contribution < 1.29 is 9.72 Å². The standard InChI is InChI=1S/C19H13BrN2O3/c20-16-8-7-13(22(24)25)10-15(16)19(23)21-17-9-6-12-5-4-11-2-1-3-14(17)18(11)12/h1-3,6-10H,4-5H2,(H,21,23). The summed E-state index contributed by atoms with van der Waals surface area (Å²) in [5, 5.41) is 16.1. The number of nitro groups is 1. The van der Waals surface area contributed by atoms with E-state index in [4.69, 9.17) is 0 Å². The fourth-order valence-corrected chi connectivity index (χ4v) is 3.77. The second-order valence-corrected chi connectivity index (χ2v) is 6.84. The lowest BCUT2D eigenvalue weighted by Gasteiger charge is -2.11. The molecular weight excluding hydrogens is 384 g/mol.